The number of hydrogen-bond acceptors (Lipinski definition) is 6. The quantitative estimate of drug-likeness (QED) is 0.340. The summed E-state index contributed by atoms with van der Waals surface area (Å²) in [5.74, 6) is 0.261. The van der Waals surface area contributed by atoms with Gasteiger partial charge in [0.05, 0.1) is 11.0 Å². The number of esters is 1. The van der Waals surface area contributed by atoms with Crippen molar-refractivity contribution in [2.24, 2.45) is 0 Å². The zero-order chi connectivity index (χ0) is 17.3. The molecule has 0 saturated carbocycles. The Hall–Kier alpha value is -2.35. The Morgan fingerprint density at radius 1 is 1.38 bits per heavy atom. The Balaban J connectivity index is 1.68. The Labute approximate surface area is 142 Å². The summed E-state index contributed by atoms with van der Waals surface area (Å²) >= 11 is 1.56. The predicted molar refractivity (Wildman–Crippen MR) is 87.9 cm³/mol. The first-order valence-electron chi connectivity index (χ1n) is 7.59. The highest BCUT2D eigenvalue weighted by Gasteiger charge is 2.47. The summed E-state index contributed by atoms with van der Waals surface area (Å²) in [5, 5.41) is 10.6. The maximum absolute atomic E-state index is 12.4. The van der Waals surface area contributed by atoms with Crippen molar-refractivity contribution < 1.29 is 19.2 Å². The highest BCUT2D eigenvalue weighted by Crippen LogP contribution is 2.43. The number of amides is 1. The molecule has 0 spiro atoms. The van der Waals surface area contributed by atoms with Gasteiger partial charge in [0.2, 0.25) is 5.91 Å². The largest absolute Gasteiger partial charge is 0.456 e. The molecule has 0 N–H and O–H groups in total. The van der Waals surface area contributed by atoms with Crippen LogP contribution < -0.4 is 0 Å². The lowest BCUT2D eigenvalue weighted by atomic mass is 10.0. The SMILES string of the molecule is CCSC1=C(C(=O)OCc2ccc([N+](=O)[O-])cc2)N2C(=O)CC2C1. The number of β-lactam (4-membered cyclic amide) rings is 1. The number of nitro groups is 1. The van der Waals surface area contributed by atoms with E-state index in [1.807, 2.05) is 6.92 Å². The number of carbonyl (C=O) groups is 2. The second kappa shape index (κ2) is 6.64. The molecule has 8 heteroatoms. The number of rotatable bonds is 6. The van der Waals surface area contributed by atoms with E-state index in [9.17, 15) is 19.7 Å². The molecule has 1 fully saturated rings. The summed E-state index contributed by atoms with van der Waals surface area (Å²) in [4.78, 5) is 36.8. The van der Waals surface area contributed by atoms with Crippen LogP contribution in [0.1, 0.15) is 25.3 Å². The van der Waals surface area contributed by atoms with Gasteiger partial charge in [-0.1, -0.05) is 6.92 Å². The molecule has 2 aliphatic heterocycles. The van der Waals surface area contributed by atoms with Crippen molar-refractivity contribution in [1.82, 2.24) is 4.90 Å². The monoisotopic (exact) mass is 348 g/mol. The third-order valence-corrected chi connectivity index (χ3v) is 5.00. The molecule has 3 rings (SSSR count). The molecule has 0 aliphatic carbocycles. The van der Waals surface area contributed by atoms with Crippen LogP contribution in [-0.2, 0) is 20.9 Å². The summed E-state index contributed by atoms with van der Waals surface area (Å²) in [6, 6.07) is 5.92. The summed E-state index contributed by atoms with van der Waals surface area (Å²) in [5.41, 5.74) is 1.01. The molecular formula is C16H16N2O5S. The fourth-order valence-electron chi connectivity index (χ4n) is 2.84. The number of hydrogen-bond donors (Lipinski definition) is 0. The van der Waals surface area contributed by atoms with Gasteiger partial charge in [-0.2, -0.15) is 0 Å². The molecule has 1 aromatic carbocycles. The van der Waals surface area contributed by atoms with Gasteiger partial charge in [0.25, 0.3) is 5.69 Å². The van der Waals surface area contributed by atoms with Crippen molar-refractivity contribution in [3.8, 4) is 0 Å². The molecular weight excluding hydrogens is 332 g/mol. The summed E-state index contributed by atoms with van der Waals surface area (Å²) < 4.78 is 5.32. The highest BCUT2D eigenvalue weighted by molar-refractivity contribution is 8.03. The van der Waals surface area contributed by atoms with Crippen LogP contribution in [0.4, 0.5) is 5.69 Å². The minimum atomic E-state index is -0.514. The van der Waals surface area contributed by atoms with Crippen LogP contribution in [-0.4, -0.2) is 33.5 Å². The number of nitrogens with zero attached hydrogens (tertiary/aromatic N) is 2. The number of non-ortho nitro benzene ring substituents is 1. The van der Waals surface area contributed by atoms with E-state index in [-0.39, 0.29) is 24.2 Å². The first kappa shape index (κ1) is 16.5. The van der Waals surface area contributed by atoms with E-state index in [0.29, 0.717) is 24.1 Å². The van der Waals surface area contributed by atoms with Gasteiger partial charge < -0.3 is 9.64 Å². The van der Waals surface area contributed by atoms with E-state index in [4.69, 9.17) is 4.74 Å². The van der Waals surface area contributed by atoms with E-state index in [2.05, 4.69) is 0 Å². The van der Waals surface area contributed by atoms with Crippen molar-refractivity contribution >= 4 is 29.3 Å². The first-order chi connectivity index (χ1) is 11.5. The molecule has 1 aromatic rings. The lowest BCUT2D eigenvalue weighted by molar-refractivity contribution is -0.384. The molecule has 7 nitrogen and oxygen atoms in total. The van der Waals surface area contributed by atoms with E-state index in [0.717, 1.165) is 10.7 Å². The van der Waals surface area contributed by atoms with Crippen molar-refractivity contribution in [2.45, 2.75) is 32.4 Å². The summed E-state index contributed by atoms with van der Waals surface area (Å²) in [6.07, 6.45) is 1.19. The minimum absolute atomic E-state index is 0.0110. The lowest BCUT2D eigenvalue weighted by Crippen LogP contribution is -2.49. The molecule has 1 amide bonds. The van der Waals surface area contributed by atoms with E-state index in [1.54, 1.807) is 23.9 Å². The van der Waals surface area contributed by atoms with Crippen LogP contribution in [0.3, 0.4) is 0 Å². The Bertz CT molecular complexity index is 728. The van der Waals surface area contributed by atoms with Gasteiger partial charge >= 0.3 is 5.97 Å². The number of carbonyl (C=O) groups excluding carboxylic acids is 2. The lowest BCUT2D eigenvalue weighted by Gasteiger charge is -2.35. The van der Waals surface area contributed by atoms with Crippen LogP contribution in [0.2, 0.25) is 0 Å². The Morgan fingerprint density at radius 3 is 2.67 bits per heavy atom. The standard InChI is InChI=1S/C16H16N2O5S/c1-2-24-13-7-12-8-14(19)17(12)15(13)16(20)23-9-10-3-5-11(6-4-10)18(21)22/h3-6,12H,2,7-9H2,1H3. The van der Waals surface area contributed by atoms with Crippen molar-refractivity contribution in [3.63, 3.8) is 0 Å². The molecule has 0 bridgehead atoms. The molecule has 126 valence electrons. The molecule has 1 atom stereocenters. The average molecular weight is 348 g/mol. The normalized spacial score (nSPS) is 19.1. The van der Waals surface area contributed by atoms with Crippen molar-refractivity contribution in [2.75, 3.05) is 5.75 Å². The molecule has 24 heavy (non-hydrogen) atoms. The number of benzene rings is 1. The topological polar surface area (TPSA) is 89.8 Å². The predicted octanol–water partition coefficient (Wildman–Crippen LogP) is 2.61. The number of fused-ring (bicyclic) bond motifs is 1. The third-order valence-electron chi connectivity index (χ3n) is 4.00. The van der Waals surface area contributed by atoms with Gasteiger partial charge in [-0.05, 0) is 23.4 Å². The van der Waals surface area contributed by atoms with Crippen molar-refractivity contribution in [1.29, 1.82) is 0 Å². The number of ether oxygens (including phenoxy) is 1. The van der Waals surface area contributed by atoms with Crippen LogP contribution in [0, 0.1) is 10.1 Å². The second-order valence-electron chi connectivity index (χ2n) is 5.53. The molecule has 0 radical (unpaired) electrons. The fraction of sp³-hybridized carbons (Fsp3) is 0.375. The van der Waals surface area contributed by atoms with Crippen LogP contribution in [0.5, 0.6) is 0 Å². The number of nitro benzene ring substituents is 1. The Morgan fingerprint density at radius 2 is 2.08 bits per heavy atom. The van der Waals surface area contributed by atoms with Crippen LogP contribution in [0.25, 0.3) is 0 Å². The third kappa shape index (κ3) is 3.01. The second-order valence-corrected chi connectivity index (χ2v) is 6.89. The molecule has 1 unspecified atom stereocenters. The maximum Gasteiger partial charge on any atom is 0.356 e. The van der Waals surface area contributed by atoms with Crippen molar-refractivity contribution in [3.05, 3.63) is 50.5 Å². The fourth-order valence-corrected chi connectivity index (χ4v) is 3.82. The molecule has 0 aromatic heterocycles. The smallest absolute Gasteiger partial charge is 0.356 e. The zero-order valence-corrected chi connectivity index (χ0v) is 13.9. The van der Waals surface area contributed by atoms with Gasteiger partial charge in [-0.3, -0.25) is 14.9 Å². The van der Waals surface area contributed by atoms with Crippen LogP contribution >= 0.6 is 11.8 Å². The minimum Gasteiger partial charge on any atom is -0.456 e. The highest BCUT2D eigenvalue weighted by atomic mass is 32.2. The van der Waals surface area contributed by atoms with E-state index >= 15 is 0 Å². The van der Waals surface area contributed by atoms with Gasteiger partial charge in [0, 0.05) is 29.9 Å². The average Bonchev–Trinajstić information content (AvgIpc) is 2.85. The van der Waals surface area contributed by atoms with E-state index in [1.165, 1.54) is 17.0 Å². The van der Waals surface area contributed by atoms with Crippen LogP contribution in [0.15, 0.2) is 34.9 Å². The van der Waals surface area contributed by atoms with E-state index < -0.39 is 10.9 Å². The molecule has 2 heterocycles. The maximum atomic E-state index is 12.4. The van der Waals surface area contributed by atoms with Gasteiger partial charge in [-0.15, -0.1) is 11.8 Å². The van der Waals surface area contributed by atoms with Gasteiger partial charge in [-0.25, -0.2) is 4.79 Å². The molecule has 1 saturated heterocycles. The first-order valence-corrected chi connectivity index (χ1v) is 8.58. The van der Waals surface area contributed by atoms with Gasteiger partial charge in [0.15, 0.2) is 0 Å². The number of thioether (sulfide) groups is 1. The Kier molecular flexibility index (Phi) is 4.57. The summed E-state index contributed by atoms with van der Waals surface area (Å²) in [6.45, 7) is 2.01. The van der Waals surface area contributed by atoms with Gasteiger partial charge in [0.1, 0.15) is 12.3 Å². The summed E-state index contributed by atoms with van der Waals surface area (Å²) in [7, 11) is 0. The zero-order valence-electron chi connectivity index (χ0n) is 13.1. The molecule has 2 aliphatic rings.